The molecule has 0 aromatic rings. The first kappa shape index (κ1) is 9.08. The van der Waals surface area contributed by atoms with Crippen molar-refractivity contribution in [3.05, 3.63) is 36.0 Å². The van der Waals surface area contributed by atoms with Crippen LogP contribution in [0, 0.1) is 0 Å². The van der Waals surface area contributed by atoms with Crippen LogP contribution in [-0.2, 0) is 0 Å². The zero-order valence-electron chi connectivity index (χ0n) is 6.07. The molecule has 0 bridgehead atoms. The molecule has 0 fully saturated rings. The van der Waals surface area contributed by atoms with E-state index in [9.17, 15) is 8.78 Å². The van der Waals surface area contributed by atoms with Gasteiger partial charge in [0.15, 0.2) is 0 Å². The minimum Gasteiger partial charge on any atom is -0.215 e. The molecule has 0 saturated heterocycles. The molecule has 0 aliphatic heterocycles. The fourth-order valence-electron chi connectivity index (χ4n) is 0.409. The van der Waals surface area contributed by atoms with Gasteiger partial charge in [-0.15, -0.1) is 0 Å². The van der Waals surface area contributed by atoms with Crippen LogP contribution in [0.25, 0.3) is 0 Å². The monoisotopic (exact) mass is 144 g/mol. The van der Waals surface area contributed by atoms with Gasteiger partial charge in [-0.05, 0) is 19.9 Å². The lowest BCUT2D eigenvalue weighted by molar-refractivity contribution is 0.651. The van der Waals surface area contributed by atoms with E-state index in [1.807, 2.05) is 0 Å². The summed E-state index contributed by atoms with van der Waals surface area (Å²) in [7, 11) is 0. The van der Waals surface area contributed by atoms with E-state index in [0.717, 1.165) is 11.6 Å². The maximum absolute atomic E-state index is 12.3. The lowest BCUT2D eigenvalue weighted by Crippen LogP contribution is -1.68. The summed E-state index contributed by atoms with van der Waals surface area (Å²) in [4.78, 5) is 0. The molecule has 0 spiro atoms. The second-order valence-electron chi connectivity index (χ2n) is 1.85. The summed E-state index contributed by atoms with van der Waals surface area (Å²) in [6, 6.07) is 0. The standard InChI is InChI=1S/C8H10F2/c1-3-7(2)6-8(10)4-5-9/h3-6H,1-2H3/b5-4+,7-3-,8-6+. The highest BCUT2D eigenvalue weighted by atomic mass is 19.1. The molecular weight excluding hydrogens is 134 g/mol. The maximum atomic E-state index is 12.3. The number of allylic oxidation sites excluding steroid dienone is 5. The third-order valence-electron chi connectivity index (χ3n) is 1.04. The summed E-state index contributed by atoms with van der Waals surface area (Å²) in [5.41, 5.74) is 0.774. The Morgan fingerprint density at radius 2 is 2.00 bits per heavy atom. The van der Waals surface area contributed by atoms with Crippen molar-refractivity contribution in [2.24, 2.45) is 0 Å². The van der Waals surface area contributed by atoms with Crippen molar-refractivity contribution in [3.63, 3.8) is 0 Å². The van der Waals surface area contributed by atoms with Crippen LogP contribution in [0.2, 0.25) is 0 Å². The number of rotatable bonds is 2. The minimum atomic E-state index is -0.571. The van der Waals surface area contributed by atoms with E-state index in [1.54, 1.807) is 19.9 Å². The number of hydrogen-bond acceptors (Lipinski definition) is 0. The summed E-state index contributed by atoms with van der Waals surface area (Å²) in [5.74, 6) is -0.571. The lowest BCUT2D eigenvalue weighted by atomic mass is 10.2. The zero-order valence-corrected chi connectivity index (χ0v) is 6.07. The van der Waals surface area contributed by atoms with Crippen molar-refractivity contribution in [1.82, 2.24) is 0 Å². The third kappa shape index (κ3) is 4.01. The lowest BCUT2D eigenvalue weighted by Gasteiger charge is -1.87. The van der Waals surface area contributed by atoms with Gasteiger partial charge in [0, 0.05) is 6.08 Å². The molecule has 0 aliphatic rings. The molecule has 0 rings (SSSR count). The summed E-state index contributed by atoms with van der Waals surface area (Å²) in [5, 5.41) is 0. The van der Waals surface area contributed by atoms with Gasteiger partial charge in [-0.1, -0.05) is 11.6 Å². The molecule has 0 amide bonds. The third-order valence-corrected chi connectivity index (χ3v) is 1.04. The SMILES string of the molecule is C\C=C(C)/C=C(F)\C=C\F. The molecule has 10 heavy (non-hydrogen) atoms. The van der Waals surface area contributed by atoms with E-state index in [2.05, 4.69) is 0 Å². The van der Waals surface area contributed by atoms with Crippen LogP contribution in [0.5, 0.6) is 0 Å². The van der Waals surface area contributed by atoms with Crippen molar-refractivity contribution in [2.45, 2.75) is 13.8 Å². The average Bonchev–Trinajstić information content (AvgIpc) is 1.88. The Morgan fingerprint density at radius 3 is 2.40 bits per heavy atom. The molecular formula is C8H10F2. The van der Waals surface area contributed by atoms with Crippen LogP contribution in [-0.4, -0.2) is 0 Å². The molecule has 0 radical (unpaired) electrons. The molecule has 2 heteroatoms. The van der Waals surface area contributed by atoms with E-state index in [1.165, 1.54) is 6.08 Å². The molecule has 0 aromatic carbocycles. The molecule has 0 aromatic heterocycles. The molecule has 0 saturated carbocycles. The largest absolute Gasteiger partial charge is 0.215 e. The molecule has 0 aliphatic carbocycles. The van der Waals surface area contributed by atoms with Gasteiger partial charge in [-0.25, -0.2) is 8.78 Å². The second kappa shape index (κ2) is 4.91. The Morgan fingerprint density at radius 1 is 1.40 bits per heavy atom. The van der Waals surface area contributed by atoms with Gasteiger partial charge in [-0.2, -0.15) is 0 Å². The van der Waals surface area contributed by atoms with Gasteiger partial charge in [0.25, 0.3) is 0 Å². The van der Waals surface area contributed by atoms with E-state index >= 15 is 0 Å². The number of halogens is 2. The van der Waals surface area contributed by atoms with E-state index < -0.39 is 5.83 Å². The van der Waals surface area contributed by atoms with Crippen molar-refractivity contribution in [1.29, 1.82) is 0 Å². The Hall–Kier alpha value is -0.920. The van der Waals surface area contributed by atoms with Crippen LogP contribution in [0.15, 0.2) is 36.0 Å². The van der Waals surface area contributed by atoms with Crippen LogP contribution in [0.1, 0.15) is 13.8 Å². The summed E-state index contributed by atoms with van der Waals surface area (Å²) in [6.45, 7) is 3.53. The predicted octanol–water partition coefficient (Wildman–Crippen LogP) is 3.29. The van der Waals surface area contributed by atoms with E-state index in [0.29, 0.717) is 0 Å². The van der Waals surface area contributed by atoms with Crippen LogP contribution in [0.4, 0.5) is 8.78 Å². The first-order valence-electron chi connectivity index (χ1n) is 2.97. The fourth-order valence-corrected chi connectivity index (χ4v) is 0.409. The molecule has 0 atom stereocenters. The molecule has 0 heterocycles. The van der Waals surface area contributed by atoms with Crippen LogP contribution in [0.3, 0.4) is 0 Å². The van der Waals surface area contributed by atoms with Gasteiger partial charge in [0.2, 0.25) is 0 Å². The van der Waals surface area contributed by atoms with Gasteiger partial charge < -0.3 is 0 Å². The Kier molecular flexibility index (Phi) is 4.46. The first-order valence-corrected chi connectivity index (χ1v) is 2.97. The van der Waals surface area contributed by atoms with E-state index in [4.69, 9.17) is 0 Å². The molecule has 56 valence electrons. The quantitative estimate of drug-likeness (QED) is 0.521. The van der Waals surface area contributed by atoms with Gasteiger partial charge in [-0.3, -0.25) is 0 Å². The predicted molar refractivity (Wildman–Crippen MR) is 38.9 cm³/mol. The Labute approximate surface area is 59.6 Å². The first-order chi connectivity index (χ1) is 4.70. The minimum absolute atomic E-state index is 0.175. The molecule has 0 nitrogen and oxygen atoms in total. The smallest absolute Gasteiger partial charge is 0.125 e. The fraction of sp³-hybridized carbons (Fsp3) is 0.250. The van der Waals surface area contributed by atoms with E-state index in [-0.39, 0.29) is 6.33 Å². The summed E-state index contributed by atoms with van der Waals surface area (Å²) in [6.07, 6.45) is 3.95. The van der Waals surface area contributed by atoms with Crippen molar-refractivity contribution < 1.29 is 8.78 Å². The Balaban J connectivity index is 4.16. The second-order valence-corrected chi connectivity index (χ2v) is 1.85. The van der Waals surface area contributed by atoms with Crippen molar-refractivity contribution in [3.8, 4) is 0 Å². The zero-order chi connectivity index (χ0) is 7.98. The highest BCUT2D eigenvalue weighted by Gasteiger charge is 1.86. The maximum Gasteiger partial charge on any atom is 0.125 e. The topological polar surface area (TPSA) is 0 Å². The van der Waals surface area contributed by atoms with Crippen LogP contribution < -0.4 is 0 Å². The highest BCUT2D eigenvalue weighted by Crippen LogP contribution is 2.04. The Bertz CT molecular complexity index is 176. The van der Waals surface area contributed by atoms with Crippen LogP contribution >= 0.6 is 0 Å². The van der Waals surface area contributed by atoms with Crippen molar-refractivity contribution >= 4 is 0 Å². The van der Waals surface area contributed by atoms with Gasteiger partial charge in [0.1, 0.15) is 5.83 Å². The molecule has 0 N–H and O–H groups in total. The average molecular weight is 144 g/mol. The summed E-state index contributed by atoms with van der Waals surface area (Å²) >= 11 is 0. The van der Waals surface area contributed by atoms with Gasteiger partial charge in [0.05, 0.1) is 6.33 Å². The molecule has 0 unspecified atom stereocenters. The summed E-state index contributed by atoms with van der Waals surface area (Å²) < 4.78 is 23.7. The van der Waals surface area contributed by atoms with Gasteiger partial charge >= 0.3 is 0 Å². The van der Waals surface area contributed by atoms with Crippen molar-refractivity contribution in [2.75, 3.05) is 0 Å². The normalized spacial score (nSPS) is 14.8. The number of hydrogen-bond donors (Lipinski definition) is 0. The highest BCUT2D eigenvalue weighted by molar-refractivity contribution is 5.23.